The van der Waals surface area contributed by atoms with Gasteiger partial charge < -0.3 is 15.3 Å². The summed E-state index contributed by atoms with van der Waals surface area (Å²) in [6.07, 6.45) is 0. The van der Waals surface area contributed by atoms with Gasteiger partial charge in [-0.15, -0.1) is 0 Å². The van der Waals surface area contributed by atoms with Gasteiger partial charge in [-0.1, -0.05) is 12.1 Å². The number of phenolic OH excluding ortho intramolecular Hbond substituents is 1. The van der Waals surface area contributed by atoms with Crippen molar-refractivity contribution in [3.63, 3.8) is 0 Å². The second-order valence-corrected chi connectivity index (χ2v) is 5.19. The number of aromatic hydroxyl groups is 1. The van der Waals surface area contributed by atoms with Crippen LogP contribution in [0.15, 0.2) is 42.5 Å². The van der Waals surface area contributed by atoms with Crippen molar-refractivity contribution in [2.45, 2.75) is 27.3 Å². The first-order valence-electron chi connectivity index (χ1n) is 7.51. The Morgan fingerprint density at radius 3 is 2.24 bits per heavy atom. The number of benzene rings is 2. The highest BCUT2D eigenvalue weighted by Gasteiger charge is 2.02. The zero-order chi connectivity index (χ0) is 15.2. The van der Waals surface area contributed by atoms with Crippen molar-refractivity contribution in [3.8, 4) is 5.75 Å². The molecule has 0 spiro atoms. The molecule has 0 bridgehead atoms. The molecule has 0 aliphatic heterocycles. The van der Waals surface area contributed by atoms with Gasteiger partial charge in [-0.3, -0.25) is 0 Å². The van der Waals surface area contributed by atoms with Crippen molar-refractivity contribution in [1.29, 1.82) is 0 Å². The molecule has 2 aromatic rings. The summed E-state index contributed by atoms with van der Waals surface area (Å²) in [6.45, 7) is 9.09. The molecule has 0 aliphatic carbocycles. The molecule has 0 fully saturated rings. The Balaban J connectivity index is 1.98. The molecule has 0 radical (unpaired) electrons. The normalized spacial score (nSPS) is 10.4. The van der Waals surface area contributed by atoms with E-state index in [0.29, 0.717) is 5.75 Å². The highest BCUT2D eigenvalue weighted by Crippen LogP contribution is 2.21. The maximum Gasteiger partial charge on any atom is 0.118 e. The van der Waals surface area contributed by atoms with Gasteiger partial charge in [0.05, 0.1) is 0 Å². The first-order chi connectivity index (χ1) is 10.1. The number of hydrogen-bond donors (Lipinski definition) is 2. The van der Waals surface area contributed by atoms with Crippen LogP contribution < -0.4 is 10.2 Å². The molecule has 0 aliphatic rings. The second-order valence-electron chi connectivity index (χ2n) is 5.19. The fraction of sp³-hybridized carbons (Fsp3) is 0.333. The molecule has 0 saturated heterocycles. The Hall–Kier alpha value is -2.16. The van der Waals surface area contributed by atoms with Gasteiger partial charge in [0.1, 0.15) is 5.75 Å². The van der Waals surface area contributed by atoms with Gasteiger partial charge in [0.25, 0.3) is 0 Å². The molecule has 0 amide bonds. The summed E-state index contributed by atoms with van der Waals surface area (Å²) in [6, 6.07) is 14.2. The van der Waals surface area contributed by atoms with E-state index in [1.54, 1.807) is 6.07 Å². The molecule has 0 heterocycles. The van der Waals surface area contributed by atoms with Crippen molar-refractivity contribution in [1.82, 2.24) is 0 Å². The Kier molecular flexibility index (Phi) is 5.09. The number of nitrogens with zero attached hydrogens (tertiary/aromatic N) is 1. The summed E-state index contributed by atoms with van der Waals surface area (Å²) in [7, 11) is 0. The number of nitrogens with one attached hydrogen (secondary N) is 1. The van der Waals surface area contributed by atoms with Crippen LogP contribution in [0, 0.1) is 6.92 Å². The Morgan fingerprint density at radius 1 is 1.00 bits per heavy atom. The van der Waals surface area contributed by atoms with Gasteiger partial charge >= 0.3 is 0 Å². The third kappa shape index (κ3) is 3.91. The fourth-order valence-electron chi connectivity index (χ4n) is 2.38. The SMILES string of the molecule is CCN(CC)c1ccc(CNc2ccc(O)c(C)c2)cc1. The van der Waals surface area contributed by atoms with E-state index in [-0.39, 0.29) is 0 Å². The molecule has 2 N–H and O–H groups in total. The molecule has 0 atom stereocenters. The van der Waals surface area contributed by atoms with Crippen molar-refractivity contribution < 1.29 is 5.11 Å². The molecule has 21 heavy (non-hydrogen) atoms. The first-order valence-corrected chi connectivity index (χ1v) is 7.51. The predicted molar refractivity (Wildman–Crippen MR) is 90.2 cm³/mol. The maximum absolute atomic E-state index is 9.53. The van der Waals surface area contributed by atoms with Crippen LogP contribution in [-0.2, 0) is 6.54 Å². The smallest absolute Gasteiger partial charge is 0.118 e. The second kappa shape index (κ2) is 7.02. The summed E-state index contributed by atoms with van der Waals surface area (Å²) in [4.78, 5) is 2.33. The lowest BCUT2D eigenvalue weighted by molar-refractivity contribution is 0.471. The quantitative estimate of drug-likeness (QED) is 0.782. The minimum absolute atomic E-state index is 0.337. The van der Waals surface area contributed by atoms with Crippen LogP contribution in [0.2, 0.25) is 0 Å². The summed E-state index contributed by atoms with van der Waals surface area (Å²) in [5, 5.41) is 12.9. The Morgan fingerprint density at radius 2 is 1.67 bits per heavy atom. The van der Waals surface area contributed by atoms with Crippen LogP contribution in [0.4, 0.5) is 11.4 Å². The van der Waals surface area contributed by atoms with Crippen molar-refractivity contribution in [2.75, 3.05) is 23.3 Å². The standard InChI is InChI=1S/C18H24N2O/c1-4-20(5-2)17-9-6-15(7-10-17)13-19-16-8-11-18(21)14(3)12-16/h6-12,19,21H,4-5,13H2,1-3H3. The van der Waals surface area contributed by atoms with Crippen LogP contribution in [0.1, 0.15) is 25.0 Å². The highest BCUT2D eigenvalue weighted by atomic mass is 16.3. The van der Waals surface area contributed by atoms with Gasteiger partial charge in [0, 0.05) is 31.0 Å². The van der Waals surface area contributed by atoms with E-state index in [2.05, 4.69) is 48.3 Å². The average Bonchev–Trinajstić information content (AvgIpc) is 2.51. The number of aryl methyl sites for hydroxylation is 1. The lowest BCUT2D eigenvalue weighted by Crippen LogP contribution is -2.21. The van der Waals surface area contributed by atoms with E-state index in [1.807, 2.05) is 19.1 Å². The zero-order valence-electron chi connectivity index (χ0n) is 13.1. The highest BCUT2D eigenvalue weighted by molar-refractivity contribution is 5.51. The molecule has 112 valence electrons. The number of hydrogen-bond acceptors (Lipinski definition) is 3. The van der Waals surface area contributed by atoms with Crippen LogP contribution in [0.5, 0.6) is 5.75 Å². The zero-order valence-corrected chi connectivity index (χ0v) is 13.1. The van der Waals surface area contributed by atoms with Gasteiger partial charge in [-0.2, -0.15) is 0 Å². The molecular formula is C18H24N2O. The van der Waals surface area contributed by atoms with Crippen LogP contribution in [0.25, 0.3) is 0 Å². The molecule has 2 aromatic carbocycles. The van der Waals surface area contributed by atoms with E-state index in [9.17, 15) is 5.11 Å². The summed E-state index contributed by atoms with van der Waals surface area (Å²) in [5.74, 6) is 0.337. The summed E-state index contributed by atoms with van der Waals surface area (Å²) < 4.78 is 0. The number of phenols is 1. The maximum atomic E-state index is 9.53. The van der Waals surface area contributed by atoms with Crippen molar-refractivity contribution in [3.05, 3.63) is 53.6 Å². The summed E-state index contributed by atoms with van der Waals surface area (Å²) in [5.41, 5.74) is 4.43. The third-order valence-electron chi connectivity index (χ3n) is 3.76. The minimum atomic E-state index is 0.337. The molecule has 0 aromatic heterocycles. The van der Waals surface area contributed by atoms with E-state index >= 15 is 0 Å². The molecule has 3 heteroatoms. The van der Waals surface area contributed by atoms with Crippen LogP contribution >= 0.6 is 0 Å². The Labute approximate surface area is 127 Å². The third-order valence-corrected chi connectivity index (χ3v) is 3.76. The fourth-order valence-corrected chi connectivity index (χ4v) is 2.38. The van der Waals surface area contributed by atoms with Gasteiger partial charge in [-0.05, 0) is 62.2 Å². The lowest BCUT2D eigenvalue weighted by Gasteiger charge is -2.21. The topological polar surface area (TPSA) is 35.5 Å². The van der Waals surface area contributed by atoms with Crippen LogP contribution in [-0.4, -0.2) is 18.2 Å². The molecule has 0 unspecified atom stereocenters. The predicted octanol–water partition coefficient (Wildman–Crippen LogP) is 4.16. The van der Waals surface area contributed by atoms with Gasteiger partial charge in [0.2, 0.25) is 0 Å². The monoisotopic (exact) mass is 284 g/mol. The van der Waals surface area contributed by atoms with Gasteiger partial charge in [0.15, 0.2) is 0 Å². The molecule has 0 saturated carbocycles. The first kappa shape index (κ1) is 15.2. The molecule has 2 rings (SSSR count). The summed E-state index contributed by atoms with van der Waals surface area (Å²) >= 11 is 0. The van der Waals surface area contributed by atoms with E-state index in [0.717, 1.165) is 30.9 Å². The molecule has 3 nitrogen and oxygen atoms in total. The van der Waals surface area contributed by atoms with E-state index < -0.39 is 0 Å². The number of anilines is 2. The van der Waals surface area contributed by atoms with Crippen molar-refractivity contribution >= 4 is 11.4 Å². The average molecular weight is 284 g/mol. The minimum Gasteiger partial charge on any atom is -0.508 e. The van der Waals surface area contributed by atoms with E-state index in [1.165, 1.54) is 11.3 Å². The Bertz CT molecular complexity index is 574. The molecular weight excluding hydrogens is 260 g/mol. The lowest BCUT2D eigenvalue weighted by atomic mass is 10.1. The number of rotatable bonds is 6. The van der Waals surface area contributed by atoms with Gasteiger partial charge in [-0.25, -0.2) is 0 Å². The largest absolute Gasteiger partial charge is 0.508 e. The van der Waals surface area contributed by atoms with Crippen LogP contribution in [0.3, 0.4) is 0 Å². The van der Waals surface area contributed by atoms with E-state index in [4.69, 9.17) is 0 Å². The van der Waals surface area contributed by atoms with Crippen molar-refractivity contribution in [2.24, 2.45) is 0 Å².